The zero-order chi connectivity index (χ0) is 14.4. The minimum Gasteiger partial charge on any atom is -0.481 e. The average Bonchev–Trinajstić information content (AvgIpc) is 2.87. The van der Waals surface area contributed by atoms with E-state index in [1.807, 2.05) is 4.68 Å². The van der Waals surface area contributed by atoms with E-state index in [-0.39, 0.29) is 5.92 Å². The van der Waals surface area contributed by atoms with Crippen molar-refractivity contribution >= 4 is 5.97 Å². The molecule has 6 nitrogen and oxygen atoms in total. The van der Waals surface area contributed by atoms with Crippen molar-refractivity contribution in [1.82, 2.24) is 20.1 Å². The van der Waals surface area contributed by atoms with Crippen molar-refractivity contribution in [2.75, 3.05) is 6.54 Å². The maximum absolute atomic E-state index is 10.9. The van der Waals surface area contributed by atoms with Gasteiger partial charge >= 0.3 is 5.97 Å². The fraction of sp³-hybridized carbons (Fsp3) is 0.786. The summed E-state index contributed by atoms with van der Waals surface area (Å²) in [7, 11) is 0. The van der Waals surface area contributed by atoms with Crippen molar-refractivity contribution in [2.24, 2.45) is 11.8 Å². The first-order valence-electron chi connectivity index (χ1n) is 7.51. The molecule has 1 aliphatic carbocycles. The van der Waals surface area contributed by atoms with Crippen LogP contribution in [0.1, 0.15) is 44.9 Å². The lowest BCUT2D eigenvalue weighted by molar-refractivity contribution is -0.143. The molecule has 0 aromatic carbocycles. The molecular formula is C14H24N4O2. The van der Waals surface area contributed by atoms with Crippen LogP contribution in [0.3, 0.4) is 0 Å². The van der Waals surface area contributed by atoms with E-state index < -0.39 is 5.97 Å². The van der Waals surface area contributed by atoms with Crippen molar-refractivity contribution in [2.45, 2.75) is 52.1 Å². The number of rotatable bonds is 7. The largest absolute Gasteiger partial charge is 0.481 e. The molecule has 112 valence electrons. The molecule has 2 N–H and O–H groups in total. The second kappa shape index (κ2) is 7.38. The SMILES string of the molecule is CCCn1ncnc1CNCC1CCC(C(=O)O)CC1. The topological polar surface area (TPSA) is 80.0 Å². The molecule has 0 saturated heterocycles. The van der Waals surface area contributed by atoms with Gasteiger partial charge in [0.1, 0.15) is 12.2 Å². The van der Waals surface area contributed by atoms with Crippen molar-refractivity contribution in [3.63, 3.8) is 0 Å². The molecule has 1 saturated carbocycles. The van der Waals surface area contributed by atoms with Crippen molar-refractivity contribution in [1.29, 1.82) is 0 Å². The summed E-state index contributed by atoms with van der Waals surface area (Å²) in [5.41, 5.74) is 0. The van der Waals surface area contributed by atoms with Crippen molar-refractivity contribution in [3.05, 3.63) is 12.2 Å². The molecule has 1 aromatic rings. The predicted octanol–water partition coefficient (Wildman–Crippen LogP) is 1.67. The third kappa shape index (κ3) is 4.03. The molecular weight excluding hydrogens is 256 g/mol. The average molecular weight is 280 g/mol. The summed E-state index contributed by atoms with van der Waals surface area (Å²) in [4.78, 5) is 15.2. The number of aromatic nitrogens is 3. The number of nitrogens with one attached hydrogen (secondary N) is 1. The number of hydrogen-bond acceptors (Lipinski definition) is 4. The Balaban J connectivity index is 1.69. The highest BCUT2D eigenvalue weighted by molar-refractivity contribution is 5.69. The van der Waals surface area contributed by atoms with Crippen LogP contribution in [0.5, 0.6) is 0 Å². The molecule has 2 rings (SSSR count). The van der Waals surface area contributed by atoms with Crippen LogP contribution < -0.4 is 5.32 Å². The third-order valence-electron chi connectivity index (χ3n) is 4.04. The van der Waals surface area contributed by atoms with Gasteiger partial charge in [0.05, 0.1) is 12.5 Å². The van der Waals surface area contributed by atoms with E-state index >= 15 is 0 Å². The minimum atomic E-state index is -0.635. The molecule has 0 unspecified atom stereocenters. The second-order valence-corrected chi connectivity index (χ2v) is 5.59. The van der Waals surface area contributed by atoms with Crippen molar-refractivity contribution < 1.29 is 9.90 Å². The molecule has 0 aliphatic heterocycles. The molecule has 6 heteroatoms. The number of carboxylic acid groups (broad SMARTS) is 1. The lowest BCUT2D eigenvalue weighted by atomic mass is 9.82. The summed E-state index contributed by atoms with van der Waals surface area (Å²) >= 11 is 0. The van der Waals surface area contributed by atoms with Gasteiger partial charge in [0.15, 0.2) is 0 Å². The molecule has 0 atom stereocenters. The number of aliphatic carboxylic acids is 1. The fourth-order valence-corrected chi connectivity index (χ4v) is 2.83. The van der Waals surface area contributed by atoms with Gasteiger partial charge in [-0.15, -0.1) is 0 Å². The fourth-order valence-electron chi connectivity index (χ4n) is 2.83. The van der Waals surface area contributed by atoms with Gasteiger partial charge in [0, 0.05) is 6.54 Å². The minimum absolute atomic E-state index is 0.126. The third-order valence-corrected chi connectivity index (χ3v) is 4.04. The Morgan fingerprint density at radius 2 is 2.20 bits per heavy atom. The van der Waals surface area contributed by atoms with Crippen LogP contribution in [0.25, 0.3) is 0 Å². The Bertz CT molecular complexity index is 425. The predicted molar refractivity (Wildman–Crippen MR) is 75.1 cm³/mol. The molecule has 1 aliphatic rings. The van der Waals surface area contributed by atoms with E-state index in [0.29, 0.717) is 5.92 Å². The van der Waals surface area contributed by atoms with E-state index in [9.17, 15) is 4.79 Å². The summed E-state index contributed by atoms with van der Waals surface area (Å²) in [5.74, 6) is 0.808. The number of aryl methyl sites for hydroxylation is 1. The number of carboxylic acids is 1. The van der Waals surface area contributed by atoms with Gasteiger partial charge < -0.3 is 10.4 Å². The van der Waals surface area contributed by atoms with E-state index in [1.54, 1.807) is 6.33 Å². The lowest BCUT2D eigenvalue weighted by Gasteiger charge is -2.26. The Kier molecular flexibility index (Phi) is 5.52. The van der Waals surface area contributed by atoms with Crippen LogP contribution in [-0.4, -0.2) is 32.4 Å². The number of hydrogen-bond donors (Lipinski definition) is 2. The maximum Gasteiger partial charge on any atom is 0.306 e. The summed E-state index contributed by atoms with van der Waals surface area (Å²) in [6, 6.07) is 0. The second-order valence-electron chi connectivity index (χ2n) is 5.59. The quantitative estimate of drug-likeness (QED) is 0.794. The molecule has 1 aromatic heterocycles. The molecule has 1 fully saturated rings. The molecule has 0 radical (unpaired) electrons. The Morgan fingerprint density at radius 3 is 2.85 bits per heavy atom. The van der Waals surface area contributed by atoms with Crippen LogP contribution in [0, 0.1) is 11.8 Å². The molecule has 1 heterocycles. The maximum atomic E-state index is 10.9. The Labute approximate surface area is 119 Å². The lowest BCUT2D eigenvalue weighted by Crippen LogP contribution is -2.29. The smallest absolute Gasteiger partial charge is 0.306 e. The zero-order valence-corrected chi connectivity index (χ0v) is 12.1. The van der Waals surface area contributed by atoms with E-state index in [4.69, 9.17) is 5.11 Å². The standard InChI is InChI=1S/C14H24N4O2/c1-2-7-18-13(16-10-17-18)9-15-8-11-3-5-12(6-4-11)14(19)20/h10-12,15H,2-9H2,1H3,(H,19,20). The first kappa shape index (κ1) is 15.0. The molecule has 0 bridgehead atoms. The molecule has 20 heavy (non-hydrogen) atoms. The van der Waals surface area contributed by atoms with Gasteiger partial charge in [-0.25, -0.2) is 9.67 Å². The summed E-state index contributed by atoms with van der Waals surface area (Å²) in [6.45, 7) is 4.70. The monoisotopic (exact) mass is 280 g/mol. The van der Waals surface area contributed by atoms with E-state index in [0.717, 1.165) is 57.6 Å². The highest BCUT2D eigenvalue weighted by Crippen LogP contribution is 2.28. The Morgan fingerprint density at radius 1 is 1.45 bits per heavy atom. The van der Waals surface area contributed by atoms with Crippen LogP contribution in [0.4, 0.5) is 0 Å². The summed E-state index contributed by atoms with van der Waals surface area (Å²) < 4.78 is 1.94. The molecule has 0 spiro atoms. The molecule has 0 amide bonds. The van der Waals surface area contributed by atoms with Gasteiger partial charge in [0.25, 0.3) is 0 Å². The van der Waals surface area contributed by atoms with Gasteiger partial charge in [-0.1, -0.05) is 6.92 Å². The van der Waals surface area contributed by atoms with Gasteiger partial charge in [-0.2, -0.15) is 5.10 Å². The van der Waals surface area contributed by atoms with Crippen LogP contribution in [0.2, 0.25) is 0 Å². The van der Waals surface area contributed by atoms with E-state index in [2.05, 4.69) is 22.3 Å². The van der Waals surface area contributed by atoms with Crippen LogP contribution >= 0.6 is 0 Å². The highest BCUT2D eigenvalue weighted by atomic mass is 16.4. The van der Waals surface area contributed by atoms with Gasteiger partial charge in [-0.05, 0) is 44.6 Å². The van der Waals surface area contributed by atoms with Gasteiger partial charge in [-0.3, -0.25) is 4.79 Å². The summed E-state index contributed by atoms with van der Waals surface area (Å²) in [5, 5.41) is 16.6. The number of nitrogens with zero attached hydrogens (tertiary/aromatic N) is 3. The zero-order valence-electron chi connectivity index (χ0n) is 12.1. The Hall–Kier alpha value is -1.43. The van der Waals surface area contributed by atoms with Crippen molar-refractivity contribution in [3.8, 4) is 0 Å². The van der Waals surface area contributed by atoms with Crippen LogP contribution in [-0.2, 0) is 17.9 Å². The first-order valence-corrected chi connectivity index (χ1v) is 7.51. The van der Waals surface area contributed by atoms with Crippen LogP contribution in [0.15, 0.2) is 6.33 Å². The highest BCUT2D eigenvalue weighted by Gasteiger charge is 2.25. The summed E-state index contributed by atoms with van der Waals surface area (Å²) in [6.07, 6.45) is 6.29. The van der Waals surface area contributed by atoms with Gasteiger partial charge in [0.2, 0.25) is 0 Å². The first-order chi connectivity index (χ1) is 9.70. The van der Waals surface area contributed by atoms with E-state index in [1.165, 1.54) is 0 Å². The normalized spacial score (nSPS) is 22.9. The number of carbonyl (C=O) groups is 1.